The first-order valence-electron chi connectivity index (χ1n) is 8.83. The molecule has 1 aromatic carbocycles. The van der Waals surface area contributed by atoms with Gasteiger partial charge in [-0.25, -0.2) is 9.69 Å². The third-order valence-electron chi connectivity index (χ3n) is 4.00. The Morgan fingerprint density at radius 2 is 1.92 bits per heavy atom. The third kappa shape index (κ3) is 5.41. The van der Waals surface area contributed by atoms with Crippen LogP contribution in [0.25, 0.3) is 0 Å². The summed E-state index contributed by atoms with van der Waals surface area (Å²) in [6, 6.07) is 6.07. The molecule has 2 amide bonds. The third-order valence-corrected chi connectivity index (χ3v) is 6.19. The van der Waals surface area contributed by atoms with Crippen molar-refractivity contribution in [3.63, 3.8) is 0 Å². The summed E-state index contributed by atoms with van der Waals surface area (Å²) < 4.78 is 12.1. The molecule has 0 radical (unpaired) electrons. The molecule has 26 heavy (non-hydrogen) atoms. The van der Waals surface area contributed by atoms with Gasteiger partial charge in [0.1, 0.15) is 5.60 Å². The minimum atomic E-state index is -1.20. The van der Waals surface area contributed by atoms with Crippen molar-refractivity contribution >= 4 is 36.0 Å². The van der Waals surface area contributed by atoms with Gasteiger partial charge >= 0.3 is 6.09 Å². The Bertz CT molecular complexity index is 694. The highest BCUT2D eigenvalue weighted by Crippen LogP contribution is 2.36. The summed E-state index contributed by atoms with van der Waals surface area (Å²) in [4.78, 5) is 26.7. The van der Waals surface area contributed by atoms with Crippen LogP contribution in [0.15, 0.2) is 22.7 Å². The Labute approximate surface area is 165 Å². The lowest BCUT2D eigenvalue weighted by Gasteiger charge is -2.27. The average molecular weight is 442 g/mol. The largest absolute Gasteiger partial charge is 0.443 e. The molecule has 5 nitrogen and oxygen atoms in total. The molecular weight excluding hydrogens is 414 g/mol. The van der Waals surface area contributed by atoms with E-state index < -0.39 is 25.8 Å². The molecule has 1 aliphatic heterocycles. The summed E-state index contributed by atoms with van der Waals surface area (Å²) in [5.41, 5.74) is 0.650. The van der Waals surface area contributed by atoms with Gasteiger partial charge in [-0.1, -0.05) is 41.6 Å². The number of ether oxygens (including phenoxy) is 2. The van der Waals surface area contributed by atoms with Crippen LogP contribution in [0.2, 0.25) is 25.7 Å². The zero-order chi connectivity index (χ0) is 19.7. The zero-order valence-corrected chi connectivity index (χ0v) is 19.0. The topological polar surface area (TPSA) is 55.8 Å². The highest BCUT2D eigenvalue weighted by Gasteiger charge is 2.43. The van der Waals surface area contributed by atoms with E-state index in [9.17, 15) is 9.59 Å². The number of halogens is 1. The van der Waals surface area contributed by atoms with Crippen molar-refractivity contribution in [2.45, 2.75) is 58.1 Å². The standard InChI is InChI=1S/C19H28BrNO4Si/c1-19(2,3)25-18(23)21-16(12-24-9-10-26(4,5)6)14-8-7-13(20)11-15(14)17(21)22/h7-8,11,16H,9-10,12H2,1-6H3. The van der Waals surface area contributed by atoms with E-state index in [0.29, 0.717) is 12.2 Å². The minimum Gasteiger partial charge on any atom is -0.443 e. The minimum absolute atomic E-state index is 0.282. The molecule has 7 heteroatoms. The number of carbonyl (C=O) groups excluding carboxylic acids is 2. The van der Waals surface area contributed by atoms with Gasteiger partial charge in [0.15, 0.2) is 0 Å². The van der Waals surface area contributed by atoms with Gasteiger partial charge < -0.3 is 9.47 Å². The van der Waals surface area contributed by atoms with Gasteiger partial charge in [0.05, 0.1) is 12.6 Å². The van der Waals surface area contributed by atoms with Crippen LogP contribution in [0.3, 0.4) is 0 Å². The molecule has 0 bridgehead atoms. The lowest BCUT2D eigenvalue weighted by atomic mass is 10.1. The van der Waals surface area contributed by atoms with Gasteiger partial charge in [-0.15, -0.1) is 0 Å². The Morgan fingerprint density at radius 1 is 1.27 bits per heavy atom. The van der Waals surface area contributed by atoms with Crippen molar-refractivity contribution in [3.05, 3.63) is 33.8 Å². The van der Waals surface area contributed by atoms with Gasteiger partial charge in [-0.05, 0) is 44.5 Å². The van der Waals surface area contributed by atoms with Crippen LogP contribution in [0.5, 0.6) is 0 Å². The first kappa shape index (κ1) is 21.1. The first-order valence-corrected chi connectivity index (χ1v) is 13.3. The molecule has 144 valence electrons. The Kier molecular flexibility index (Phi) is 6.35. The predicted molar refractivity (Wildman–Crippen MR) is 108 cm³/mol. The van der Waals surface area contributed by atoms with Crippen molar-refractivity contribution in [1.29, 1.82) is 0 Å². The number of fused-ring (bicyclic) bond motifs is 1. The average Bonchev–Trinajstić information content (AvgIpc) is 2.73. The molecule has 0 aliphatic carbocycles. The molecule has 1 heterocycles. The molecule has 2 rings (SSSR count). The van der Waals surface area contributed by atoms with E-state index in [4.69, 9.17) is 9.47 Å². The number of rotatable bonds is 5. The number of imide groups is 1. The quantitative estimate of drug-likeness (QED) is 0.463. The van der Waals surface area contributed by atoms with Crippen molar-refractivity contribution < 1.29 is 19.1 Å². The number of benzene rings is 1. The maximum atomic E-state index is 12.8. The van der Waals surface area contributed by atoms with Crippen LogP contribution in [0.1, 0.15) is 42.7 Å². The van der Waals surface area contributed by atoms with E-state index in [-0.39, 0.29) is 12.5 Å². The number of amides is 2. The second-order valence-electron chi connectivity index (χ2n) is 8.79. The van der Waals surface area contributed by atoms with Crippen molar-refractivity contribution in [2.24, 2.45) is 0 Å². The fourth-order valence-electron chi connectivity index (χ4n) is 2.67. The highest BCUT2D eigenvalue weighted by atomic mass is 79.9. The summed E-state index contributed by atoms with van der Waals surface area (Å²) in [5, 5.41) is 0. The van der Waals surface area contributed by atoms with Crippen LogP contribution in [-0.4, -0.2) is 43.8 Å². The second-order valence-corrected chi connectivity index (χ2v) is 15.3. The van der Waals surface area contributed by atoms with Crippen LogP contribution in [0.4, 0.5) is 4.79 Å². The van der Waals surface area contributed by atoms with E-state index in [0.717, 1.165) is 16.1 Å². The summed E-state index contributed by atoms with van der Waals surface area (Å²) in [7, 11) is -1.20. The summed E-state index contributed by atoms with van der Waals surface area (Å²) >= 11 is 3.39. The van der Waals surface area contributed by atoms with Crippen molar-refractivity contribution in [3.8, 4) is 0 Å². The van der Waals surface area contributed by atoms with E-state index in [1.165, 1.54) is 4.90 Å². The summed E-state index contributed by atoms with van der Waals surface area (Å²) in [6.07, 6.45) is -0.631. The molecule has 1 unspecified atom stereocenters. The van der Waals surface area contributed by atoms with Gasteiger partial charge in [-0.3, -0.25) is 4.79 Å². The van der Waals surface area contributed by atoms with Crippen molar-refractivity contribution in [2.75, 3.05) is 13.2 Å². The predicted octanol–water partition coefficient (Wildman–Crippen LogP) is 5.24. The van der Waals surface area contributed by atoms with Crippen molar-refractivity contribution in [1.82, 2.24) is 4.90 Å². The molecule has 0 fully saturated rings. The number of carbonyl (C=O) groups is 2. The van der Waals surface area contributed by atoms with E-state index >= 15 is 0 Å². The zero-order valence-electron chi connectivity index (χ0n) is 16.4. The SMILES string of the molecule is CC(C)(C)OC(=O)N1C(=O)c2cc(Br)ccc2C1COCC[Si](C)(C)C. The number of hydrogen-bond donors (Lipinski definition) is 0. The van der Waals surface area contributed by atoms with Gasteiger partial charge in [0.2, 0.25) is 0 Å². The fourth-order valence-corrected chi connectivity index (χ4v) is 3.79. The molecule has 1 aromatic rings. The smallest absolute Gasteiger partial charge is 0.417 e. The Balaban J connectivity index is 2.21. The summed E-state index contributed by atoms with van der Waals surface area (Å²) in [5.74, 6) is -0.339. The molecule has 0 saturated carbocycles. The molecule has 1 aliphatic rings. The molecule has 0 N–H and O–H groups in total. The van der Waals surface area contributed by atoms with Crippen LogP contribution < -0.4 is 0 Å². The van der Waals surface area contributed by atoms with Crippen LogP contribution >= 0.6 is 15.9 Å². The molecular formula is C19H28BrNO4Si. The van der Waals surface area contributed by atoms with Crippen LogP contribution in [-0.2, 0) is 9.47 Å². The first-order chi connectivity index (χ1) is 11.9. The molecule has 0 spiro atoms. The van der Waals surface area contributed by atoms with E-state index in [1.54, 1.807) is 26.8 Å². The number of nitrogens with zero attached hydrogens (tertiary/aromatic N) is 1. The van der Waals surface area contributed by atoms with Crippen LogP contribution in [0, 0.1) is 0 Å². The Morgan fingerprint density at radius 3 is 2.50 bits per heavy atom. The monoisotopic (exact) mass is 441 g/mol. The number of hydrogen-bond acceptors (Lipinski definition) is 4. The Hall–Kier alpha value is -1.18. The lowest BCUT2D eigenvalue weighted by Crippen LogP contribution is -2.40. The van der Waals surface area contributed by atoms with Gasteiger partial charge in [0.25, 0.3) is 5.91 Å². The lowest BCUT2D eigenvalue weighted by molar-refractivity contribution is 0.00807. The fraction of sp³-hybridized carbons (Fsp3) is 0.579. The highest BCUT2D eigenvalue weighted by molar-refractivity contribution is 9.10. The normalized spacial score (nSPS) is 17.4. The van der Waals surface area contributed by atoms with E-state index in [1.807, 2.05) is 12.1 Å². The molecule has 1 atom stereocenters. The maximum absolute atomic E-state index is 12.8. The summed E-state index contributed by atoms with van der Waals surface area (Å²) in [6.45, 7) is 13.1. The van der Waals surface area contributed by atoms with E-state index in [2.05, 4.69) is 35.6 Å². The van der Waals surface area contributed by atoms with Gasteiger partial charge in [0, 0.05) is 24.7 Å². The molecule has 0 aromatic heterocycles. The maximum Gasteiger partial charge on any atom is 0.417 e. The second kappa shape index (κ2) is 7.82. The van der Waals surface area contributed by atoms with Gasteiger partial charge in [-0.2, -0.15) is 0 Å². The molecule has 0 saturated heterocycles.